The maximum absolute atomic E-state index is 12.3. The topological polar surface area (TPSA) is 47.6 Å². The number of ether oxygens (including phenoxy) is 2. The highest BCUT2D eigenvalue weighted by atomic mass is 35.5. The van der Waals surface area contributed by atoms with Crippen molar-refractivity contribution in [3.8, 4) is 11.5 Å². The van der Waals surface area contributed by atoms with Crippen LogP contribution in [0.3, 0.4) is 0 Å². The van der Waals surface area contributed by atoms with Gasteiger partial charge in [0.05, 0.1) is 9.90 Å². The van der Waals surface area contributed by atoms with Crippen molar-refractivity contribution in [1.82, 2.24) is 0 Å². The van der Waals surface area contributed by atoms with Crippen LogP contribution in [0.1, 0.15) is 20.8 Å². The zero-order chi connectivity index (χ0) is 20.1. The summed E-state index contributed by atoms with van der Waals surface area (Å²) in [6.45, 7) is -0.656. The number of amides is 1. The molecule has 0 aliphatic carbocycles. The molecule has 8 heteroatoms. The van der Waals surface area contributed by atoms with E-state index in [4.69, 9.17) is 16.3 Å². The molecule has 3 rings (SSSR count). The van der Waals surface area contributed by atoms with Crippen molar-refractivity contribution < 1.29 is 23.0 Å². The maximum atomic E-state index is 12.3. The summed E-state index contributed by atoms with van der Waals surface area (Å²) in [4.78, 5) is 12.9. The molecule has 1 N–H and O–H groups in total. The smallest absolute Gasteiger partial charge is 0.387 e. The first kappa shape index (κ1) is 20.1. The predicted octanol–water partition coefficient (Wildman–Crippen LogP) is 6.14. The Labute approximate surface area is 169 Å². The van der Waals surface area contributed by atoms with Crippen LogP contribution < -0.4 is 14.8 Å². The van der Waals surface area contributed by atoms with Crippen molar-refractivity contribution in [3.05, 3.63) is 74.9 Å². The minimum atomic E-state index is -2.89. The average molecular weight is 424 g/mol. The van der Waals surface area contributed by atoms with Crippen LogP contribution in [0.4, 0.5) is 14.5 Å². The Morgan fingerprint density at radius 2 is 1.93 bits per heavy atom. The summed E-state index contributed by atoms with van der Waals surface area (Å²) in [6, 6.07) is 13.0. The fraction of sp³-hybridized carbons (Fsp3) is 0.150. The highest BCUT2D eigenvalue weighted by Crippen LogP contribution is 2.27. The number of rotatable bonds is 7. The molecule has 28 heavy (non-hydrogen) atoms. The summed E-state index contributed by atoms with van der Waals surface area (Å²) in [5, 5.41) is 5.07. The summed E-state index contributed by atoms with van der Waals surface area (Å²) in [5.74, 6) is 0.315. The number of benzene rings is 2. The van der Waals surface area contributed by atoms with Crippen LogP contribution in [0.2, 0.25) is 5.02 Å². The van der Waals surface area contributed by atoms with Gasteiger partial charge in [-0.15, -0.1) is 11.3 Å². The summed E-state index contributed by atoms with van der Waals surface area (Å²) in [6.07, 6.45) is 0. The van der Waals surface area contributed by atoms with Gasteiger partial charge >= 0.3 is 6.61 Å². The van der Waals surface area contributed by atoms with Crippen molar-refractivity contribution in [3.63, 3.8) is 0 Å². The maximum Gasteiger partial charge on any atom is 0.387 e. The van der Waals surface area contributed by atoms with Crippen molar-refractivity contribution in [2.45, 2.75) is 20.1 Å². The van der Waals surface area contributed by atoms with E-state index < -0.39 is 6.61 Å². The predicted molar refractivity (Wildman–Crippen MR) is 106 cm³/mol. The van der Waals surface area contributed by atoms with Gasteiger partial charge in [-0.2, -0.15) is 8.78 Å². The average Bonchev–Trinajstić information content (AvgIpc) is 3.13. The Balaban J connectivity index is 1.58. The highest BCUT2D eigenvalue weighted by Gasteiger charge is 2.11. The van der Waals surface area contributed by atoms with Crippen molar-refractivity contribution >= 4 is 34.5 Å². The first-order valence-electron chi connectivity index (χ1n) is 8.23. The molecule has 0 saturated heterocycles. The molecular weight excluding hydrogens is 408 g/mol. The Kier molecular flexibility index (Phi) is 6.49. The number of anilines is 1. The second kappa shape index (κ2) is 9.03. The normalized spacial score (nSPS) is 10.8. The van der Waals surface area contributed by atoms with Gasteiger partial charge in [-0.1, -0.05) is 17.7 Å². The Bertz CT molecular complexity index is 960. The van der Waals surface area contributed by atoms with E-state index in [2.05, 4.69) is 10.1 Å². The zero-order valence-corrected chi connectivity index (χ0v) is 16.3. The SMILES string of the molecule is Cc1ccc(Cl)c(OCc2csc(C(=O)Nc3ccc(OC(F)F)cc3)c2)c1. The molecule has 0 aliphatic heterocycles. The number of hydrogen-bond donors (Lipinski definition) is 1. The highest BCUT2D eigenvalue weighted by molar-refractivity contribution is 7.12. The molecular formula is C20H16ClF2NO3S. The minimum absolute atomic E-state index is 0.0263. The Hall–Kier alpha value is -2.64. The molecule has 4 nitrogen and oxygen atoms in total. The van der Waals surface area contributed by atoms with Crippen LogP contribution in [0.5, 0.6) is 11.5 Å². The number of hydrogen-bond acceptors (Lipinski definition) is 4. The van der Waals surface area contributed by atoms with Crippen molar-refractivity contribution in [2.75, 3.05) is 5.32 Å². The van der Waals surface area contributed by atoms with Gasteiger partial charge in [0, 0.05) is 11.3 Å². The molecule has 1 heterocycles. The van der Waals surface area contributed by atoms with Crippen LogP contribution >= 0.6 is 22.9 Å². The summed E-state index contributed by atoms with van der Waals surface area (Å²) >= 11 is 7.39. The van der Waals surface area contributed by atoms with Gasteiger partial charge in [0.1, 0.15) is 18.1 Å². The van der Waals surface area contributed by atoms with Gasteiger partial charge in [0.15, 0.2) is 0 Å². The van der Waals surface area contributed by atoms with Crippen LogP contribution in [0.25, 0.3) is 0 Å². The van der Waals surface area contributed by atoms with E-state index in [1.54, 1.807) is 12.1 Å². The minimum Gasteiger partial charge on any atom is -0.487 e. The van der Waals surface area contributed by atoms with Gasteiger partial charge < -0.3 is 14.8 Å². The molecule has 3 aromatic rings. The van der Waals surface area contributed by atoms with E-state index in [0.717, 1.165) is 11.1 Å². The van der Waals surface area contributed by atoms with Crippen LogP contribution in [0.15, 0.2) is 53.9 Å². The molecule has 0 radical (unpaired) electrons. The quantitative estimate of drug-likeness (QED) is 0.496. The third-order valence-corrected chi connectivity index (χ3v) is 4.99. The van der Waals surface area contributed by atoms with E-state index in [0.29, 0.717) is 21.3 Å². The first-order chi connectivity index (χ1) is 13.4. The zero-order valence-electron chi connectivity index (χ0n) is 14.7. The number of aryl methyl sites for hydroxylation is 1. The number of alkyl halides is 2. The lowest BCUT2D eigenvalue weighted by Gasteiger charge is -2.08. The van der Waals surface area contributed by atoms with Gasteiger partial charge in [-0.25, -0.2) is 0 Å². The molecule has 0 aliphatic rings. The first-order valence-corrected chi connectivity index (χ1v) is 9.49. The molecule has 0 fully saturated rings. The van der Waals surface area contributed by atoms with E-state index in [9.17, 15) is 13.6 Å². The number of carbonyl (C=O) groups excluding carboxylic acids is 1. The van der Waals surface area contributed by atoms with Gasteiger partial charge in [0.25, 0.3) is 5.91 Å². The number of halogens is 3. The monoisotopic (exact) mass is 423 g/mol. The Morgan fingerprint density at radius 1 is 1.18 bits per heavy atom. The third kappa shape index (κ3) is 5.43. The molecule has 0 spiro atoms. The fourth-order valence-electron chi connectivity index (χ4n) is 2.37. The Morgan fingerprint density at radius 3 is 2.64 bits per heavy atom. The molecule has 0 unspecified atom stereocenters. The summed E-state index contributed by atoms with van der Waals surface area (Å²) < 4.78 is 34.3. The number of carbonyl (C=O) groups is 1. The molecule has 0 atom stereocenters. The lowest BCUT2D eigenvalue weighted by molar-refractivity contribution is -0.0498. The molecule has 2 aromatic carbocycles. The van der Waals surface area contributed by atoms with Crippen LogP contribution in [0, 0.1) is 6.92 Å². The largest absolute Gasteiger partial charge is 0.487 e. The number of thiophene rings is 1. The van der Waals surface area contributed by atoms with Crippen LogP contribution in [-0.2, 0) is 6.61 Å². The third-order valence-electron chi connectivity index (χ3n) is 3.70. The van der Waals surface area contributed by atoms with Crippen LogP contribution in [-0.4, -0.2) is 12.5 Å². The van der Waals surface area contributed by atoms with Crippen molar-refractivity contribution in [2.24, 2.45) is 0 Å². The standard InChI is InChI=1S/C20H16ClF2NO3S/c1-12-2-7-16(21)17(8-12)26-10-13-9-18(28-11-13)19(25)24-14-3-5-15(6-4-14)27-20(22)23/h2-9,11,20H,10H2,1H3,(H,24,25). The molecule has 146 valence electrons. The molecule has 1 aromatic heterocycles. The lowest BCUT2D eigenvalue weighted by atomic mass is 10.2. The van der Waals surface area contributed by atoms with E-state index in [1.165, 1.54) is 35.6 Å². The number of nitrogens with one attached hydrogen (secondary N) is 1. The summed E-state index contributed by atoms with van der Waals surface area (Å²) in [5.41, 5.74) is 2.35. The molecule has 1 amide bonds. The van der Waals surface area contributed by atoms with E-state index in [-0.39, 0.29) is 18.3 Å². The van der Waals surface area contributed by atoms with Gasteiger partial charge in [0.2, 0.25) is 0 Å². The van der Waals surface area contributed by atoms with E-state index in [1.807, 2.05) is 24.4 Å². The fourth-order valence-corrected chi connectivity index (χ4v) is 3.33. The van der Waals surface area contributed by atoms with E-state index >= 15 is 0 Å². The molecule has 0 saturated carbocycles. The second-order valence-electron chi connectivity index (χ2n) is 5.90. The lowest BCUT2D eigenvalue weighted by Crippen LogP contribution is -2.10. The van der Waals surface area contributed by atoms with Crippen molar-refractivity contribution in [1.29, 1.82) is 0 Å². The molecule has 0 bridgehead atoms. The summed E-state index contributed by atoms with van der Waals surface area (Å²) in [7, 11) is 0. The van der Waals surface area contributed by atoms with Gasteiger partial charge in [-0.05, 0) is 60.3 Å². The second-order valence-corrected chi connectivity index (χ2v) is 7.22. The van der Waals surface area contributed by atoms with Gasteiger partial charge in [-0.3, -0.25) is 4.79 Å².